The Hall–Kier alpha value is 2.07. The summed E-state index contributed by atoms with van der Waals surface area (Å²) in [7, 11) is 1.25. The van der Waals surface area contributed by atoms with E-state index >= 15 is 0 Å². The Bertz CT molecular complexity index is 58.9. The average molecular weight is 214 g/mol. The molecule has 0 aliphatic rings. The number of unbranched alkanes of at least 4 members (excludes halogenated alkanes) is 4. The van der Waals surface area contributed by atoms with Crippen LogP contribution in [0.25, 0.3) is 0 Å². The summed E-state index contributed by atoms with van der Waals surface area (Å²) in [5.74, 6) is 0. The molecule has 0 aliphatic heterocycles. The maximum atomic E-state index is 2.28. The van der Waals surface area contributed by atoms with E-state index in [1.54, 1.807) is 0 Å². The van der Waals surface area contributed by atoms with Gasteiger partial charge >= 0.3 is 51.4 Å². The van der Waals surface area contributed by atoms with Crippen LogP contribution in [0, 0.1) is 0 Å². The van der Waals surface area contributed by atoms with Gasteiger partial charge in [0.25, 0.3) is 0 Å². The van der Waals surface area contributed by atoms with Gasteiger partial charge in [0.15, 0.2) is 0 Å². The van der Waals surface area contributed by atoms with Gasteiger partial charge in [-0.25, -0.2) is 0 Å². The van der Waals surface area contributed by atoms with E-state index in [2.05, 4.69) is 13.8 Å². The molecule has 0 aliphatic carbocycles. The van der Waals surface area contributed by atoms with Gasteiger partial charge in [0.1, 0.15) is 0 Å². The van der Waals surface area contributed by atoms with E-state index < -0.39 is 0 Å². The van der Waals surface area contributed by atoms with E-state index in [1.165, 1.54) is 59.4 Å². The zero-order chi connectivity index (χ0) is 8.36. The molecule has 0 aromatic rings. The fourth-order valence-electron chi connectivity index (χ4n) is 1.12. The fourth-order valence-corrected chi connectivity index (χ4v) is 2.37. The molecule has 2 heteroatoms. The summed E-state index contributed by atoms with van der Waals surface area (Å²) in [6.45, 7) is 4.56. The number of hydrogen-bond donors (Lipinski definition) is 0. The van der Waals surface area contributed by atoms with E-state index in [4.69, 9.17) is 0 Å². The van der Waals surface area contributed by atoms with Gasteiger partial charge in [0.05, 0.1) is 0 Å². The van der Waals surface area contributed by atoms with Crippen LogP contribution in [-0.2, 0) is 0 Å². The van der Waals surface area contributed by atoms with Gasteiger partial charge in [-0.2, -0.15) is 0 Å². The molecule has 0 bridgehead atoms. The molecular formula is C10H24KP. The standard InChI is InChI=1S/C10H23P.K.H/c1-3-5-7-9-11-10-8-6-4-2;;/h11H,3-10H2,1-2H3;;. The van der Waals surface area contributed by atoms with E-state index in [-0.39, 0.29) is 51.4 Å². The van der Waals surface area contributed by atoms with Gasteiger partial charge in [-0.1, -0.05) is 39.5 Å². The van der Waals surface area contributed by atoms with Gasteiger partial charge in [-0.15, -0.1) is 8.58 Å². The van der Waals surface area contributed by atoms with Crippen LogP contribution in [0.3, 0.4) is 0 Å². The van der Waals surface area contributed by atoms with E-state index in [1.807, 2.05) is 0 Å². The summed E-state index contributed by atoms with van der Waals surface area (Å²) in [4.78, 5) is 0. The second-order valence-corrected chi connectivity index (χ2v) is 4.66. The molecule has 0 aromatic heterocycles. The SMILES string of the molecule is CCCCCPCCCCC.[KH]. The van der Waals surface area contributed by atoms with Gasteiger partial charge in [-0.3, -0.25) is 0 Å². The minimum absolute atomic E-state index is 0. The summed E-state index contributed by atoms with van der Waals surface area (Å²) < 4.78 is 0. The third-order valence-electron chi connectivity index (χ3n) is 1.91. The summed E-state index contributed by atoms with van der Waals surface area (Å²) in [5.41, 5.74) is 0. The Balaban J connectivity index is 0. The van der Waals surface area contributed by atoms with Crippen LogP contribution < -0.4 is 0 Å². The first-order valence-corrected chi connectivity index (χ1v) is 6.54. The Morgan fingerprint density at radius 2 is 1.17 bits per heavy atom. The Morgan fingerprint density at radius 1 is 0.750 bits per heavy atom. The van der Waals surface area contributed by atoms with Crippen LogP contribution in [0.15, 0.2) is 0 Å². The minimum atomic E-state index is 0. The van der Waals surface area contributed by atoms with Crippen LogP contribution in [0.2, 0.25) is 0 Å². The summed E-state index contributed by atoms with van der Waals surface area (Å²) in [5, 5.41) is 0. The van der Waals surface area contributed by atoms with Gasteiger partial charge in [0.2, 0.25) is 0 Å². The molecule has 0 fully saturated rings. The van der Waals surface area contributed by atoms with Crippen LogP contribution in [0.4, 0.5) is 0 Å². The van der Waals surface area contributed by atoms with Crippen molar-refractivity contribution in [3.63, 3.8) is 0 Å². The molecule has 0 spiro atoms. The summed E-state index contributed by atoms with van der Waals surface area (Å²) >= 11 is 0. The summed E-state index contributed by atoms with van der Waals surface area (Å²) in [6.07, 6.45) is 11.6. The Labute approximate surface area is 123 Å². The monoisotopic (exact) mass is 214 g/mol. The number of hydrogen-bond acceptors (Lipinski definition) is 0. The van der Waals surface area contributed by atoms with E-state index in [9.17, 15) is 0 Å². The van der Waals surface area contributed by atoms with Crippen LogP contribution in [-0.4, -0.2) is 63.7 Å². The van der Waals surface area contributed by atoms with Gasteiger partial charge in [0, 0.05) is 0 Å². The van der Waals surface area contributed by atoms with Crippen molar-refractivity contribution in [2.45, 2.75) is 52.4 Å². The quantitative estimate of drug-likeness (QED) is 0.330. The predicted molar refractivity (Wildman–Crippen MR) is 64.2 cm³/mol. The van der Waals surface area contributed by atoms with Crippen molar-refractivity contribution >= 4 is 60.0 Å². The number of rotatable bonds is 8. The molecule has 0 radical (unpaired) electrons. The van der Waals surface area contributed by atoms with Crippen LogP contribution in [0.5, 0.6) is 0 Å². The van der Waals surface area contributed by atoms with Gasteiger partial charge < -0.3 is 0 Å². The molecule has 0 atom stereocenters. The predicted octanol–water partition coefficient (Wildman–Crippen LogP) is 3.40. The van der Waals surface area contributed by atoms with Gasteiger partial charge in [-0.05, 0) is 25.2 Å². The van der Waals surface area contributed by atoms with Crippen LogP contribution >= 0.6 is 8.58 Å². The Kier molecular flexibility index (Phi) is 21.4. The van der Waals surface area contributed by atoms with Crippen molar-refractivity contribution in [3.8, 4) is 0 Å². The molecule has 0 rings (SSSR count). The van der Waals surface area contributed by atoms with Crippen molar-refractivity contribution < 1.29 is 0 Å². The molecular weight excluding hydrogens is 190 g/mol. The third-order valence-corrected chi connectivity index (χ3v) is 3.33. The first kappa shape index (κ1) is 16.5. The van der Waals surface area contributed by atoms with Crippen molar-refractivity contribution in [1.82, 2.24) is 0 Å². The van der Waals surface area contributed by atoms with Crippen molar-refractivity contribution in [3.05, 3.63) is 0 Å². The van der Waals surface area contributed by atoms with Crippen LogP contribution in [0.1, 0.15) is 52.4 Å². The Morgan fingerprint density at radius 3 is 1.50 bits per heavy atom. The maximum absolute atomic E-state index is 2.28. The first-order chi connectivity index (χ1) is 5.41. The van der Waals surface area contributed by atoms with E-state index in [0.29, 0.717) is 0 Å². The second-order valence-electron chi connectivity index (χ2n) is 3.16. The molecule has 0 nitrogen and oxygen atoms in total. The molecule has 0 saturated carbocycles. The third kappa shape index (κ3) is 14.6. The molecule has 0 saturated heterocycles. The molecule has 70 valence electrons. The molecule has 0 aromatic carbocycles. The summed E-state index contributed by atoms with van der Waals surface area (Å²) in [6, 6.07) is 0. The zero-order valence-electron chi connectivity index (χ0n) is 8.16. The zero-order valence-corrected chi connectivity index (χ0v) is 9.16. The topological polar surface area (TPSA) is 0 Å². The normalized spacial score (nSPS) is 9.50. The molecule has 0 N–H and O–H groups in total. The molecule has 0 amide bonds. The molecule has 12 heavy (non-hydrogen) atoms. The fraction of sp³-hybridized carbons (Fsp3) is 1.00. The van der Waals surface area contributed by atoms with Crippen molar-refractivity contribution in [2.75, 3.05) is 12.3 Å². The first-order valence-electron chi connectivity index (χ1n) is 5.12. The van der Waals surface area contributed by atoms with E-state index in [0.717, 1.165) is 0 Å². The second kappa shape index (κ2) is 15.5. The molecule has 0 unspecified atom stereocenters. The van der Waals surface area contributed by atoms with Crippen molar-refractivity contribution in [1.29, 1.82) is 0 Å². The molecule has 0 heterocycles. The average Bonchev–Trinajstić information content (AvgIpc) is 2.03. The van der Waals surface area contributed by atoms with Crippen molar-refractivity contribution in [2.24, 2.45) is 0 Å².